The highest BCUT2D eigenvalue weighted by Gasteiger charge is 2.17. The van der Waals surface area contributed by atoms with Gasteiger partial charge in [0.25, 0.3) is 0 Å². The SMILES string of the molecule is COc1c(C)cnc(CC(C)C(C)CNCC(C)C)c1C. The van der Waals surface area contributed by atoms with E-state index in [1.165, 1.54) is 11.3 Å². The van der Waals surface area contributed by atoms with Crippen molar-refractivity contribution in [2.45, 2.75) is 48.0 Å². The van der Waals surface area contributed by atoms with Gasteiger partial charge >= 0.3 is 0 Å². The zero-order valence-electron chi connectivity index (χ0n) is 14.8. The minimum Gasteiger partial charge on any atom is -0.496 e. The van der Waals surface area contributed by atoms with E-state index in [-0.39, 0.29) is 0 Å². The molecule has 0 spiro atoms. The van der Waals surface area contributed by atoms with Crippen LogP contribution in [0.15, 0.2) is 6.20 Å². The lowest BCUT2D eigenvalue weighted by molar-refractivity contribution is 0.353. The molecule has 2 atom stereocenters. The molecule has 0 aliphatic rings. The van der Waals surface area contributed by atoms with Crippen molar-refractivity contribution in [1.29, 1.82) is 0 Å². The Hall–Kier alpha value is -1.09. The highest BCUT2D eigenvalue weighted by atomic mass is 16.5. The second-order valence-electron chi connectivity index (χ2n) is 6.76. The number of methoxy groups -OCH3 is 1. The summed E-state index contributed by atoms with van der Waals surface area (Å²) in [5, 5.41) is 3.55. The van der Waals surface area contributed by atoms with Crippen molar-refractivity contribution in [2.24, 2.45) is 17.8 Å². The molecule has 1 N–H and O–H groups in total. The highest BCUT2D eigenvalue weighted by Crippen LogP contribution is 2.26. The number of hydrogen-bond acceptors (Lipinski definition) is 3. The van der Waals surface area contributed by atoms with Crippen molar-refractivity contribution >= 4 is 0 Å². The Kier molecular flexibility index (Phi) is 7.16. The van der Waals surface area contributed by atoms with E-state index in [1.807, 2.05) is 13.1 Å². The van der Waals surface area contributed by atoms with E-state index in [4.69, 9.17) is 4.74 Å². The van der Waals surface area contributed by atoms with Crippen LogP contribution < -0.4 is 10.1 Å². The maximum atomic E-state index is 5.50. The van der Waals surface area contributed by atoms with E-state index in [0.29, 0.717) is 17.8 Å². The molecule has 0 aromatic carbocycles. The van der Waals surface area contributed by atoms with Gasteiger partial charge < -0.3 is 10.1 Å². The number of nitrogens with one attached hydrogen (secondary N) is 1. The standard InChI is InChI=1S/C18H32N2O/c1-12(2)9-19-10-14(4)13(3)8-17-16(6)18(21-7)15(5)11-20-17/h11-14,19H,8-10H2,1-7H3. The van der Waals surface area contributed by atoms with Gasteiger partial charge in [0.05, 0.1) is 7.11 Å². The van der Waals surface area contributed by atoms with Crippen LogP contribution >= 0.6 is 0 Å². The third-order valence-corrected chi connectivity index (χ3v) is 4.26. The van der Waals surface area contributed by atoms with Gasteiger partial charge in [-0.3, -0.25) is 4.98 Å². The fourth-order valence-electron chi connectivity index (χ4n) is 2.58. The van der Waals surface area contributed by atoms with Crippen LogP contribution in [0.1, 0.15) is 44.5 Å². The third kappa shape index (κ3) is 5.31. The van der Waals surface area contributed by atoms with Gasteiger partial charge in [-0.15, -0.1) is 0 Å². The maximum Gasteiger partial charge on any atom is 0.128 e. The normalized spacial score (nSPS) is 14.3. The number of aryl methyl sites for hydroxylation is 1. The van der Waals surface area contributed by atoms with Crippen molar-refractivity contribution < 1.29 is 4.74 Å². The Morgan fingerprint density at radius 2 is 1.76 bits per heavy atom. The van der Waals surface area contributed by atoms with Gasteiger partial charge in [0.15, 0.2) is 0 Å². The largest absolute Gasteiger partial charge is 0.496 e. The van der Waals surface area contributed by atoms with E-state index in [1.54, 1.807) is 7.11 Å². The molecular formula is C18H32N2O. The summed E-state index contributed by atoms with van der Waals surface area (Å²) in [7, 11) is 1.74. The fourth-order valence-corrected chi connectivity index (χ4v) is 2.58. The molecule has 0 bridgehead atoms. The second-order valence-corrected chi connectivity index (χ2v) is 6.76. The maximum absolute atomic E-state index is 5.50. The van der Waals surface area contributed by atoms with E-state index in [9.17, 15) is 0 Å². The molecule has 0 amide bonds. The molecule has 21 heavy (non-hydrogen) atoms. The molecule has 0 saturated carbocycles. The zero-order chi connectivity index (χ0) is 16.0. The first-order valence-corrected chi connectivity index (χ1v) is 8.06. The van der Waals surface area contributed by atoms with E-state index in [0.717, 1.165) is 30.8 Å². The van der Waals surface area contributed by atoms with Crippen LogP contribution in [-0.2, 0) is 6.42 Å². The Balaban J connectivity index is 2.64. The lowest BCUT2D eigenvalue weighted by atomic mass is 9.90. The number of rotatable bonds is 8. The molecule has 3 heteroatoms. The van der Waals surface area contributed by atoms with Crippen LogP contribution in [0.4, 0.5) is 0 Å². The van der Waals surface area contributed by atoms with Gasteiger partial charge in [-0.05, 0) is 51.1 Å². The second kappa shape index (κ2) is 8.38. The monoisotopic (exact) mass is 292 g/mol. The summed E-state index contributed by atoms with van der Waals surface area (Å²) >= 11 is 0. The minimum absolute atomic E-state index is 0.600. The first-order chi connectivity index (χ1) is 9.86. The summed E-state index contributed by atoms with van der Waals surface area (Å²) in [5.74, 6) is 2.93. The lowest BCUT2D eigenvalue weighted by Crippen LogP contribution is -2.29. The molecule has 1 rings (SSSR count). The summed E-state index contributed by atoms with van der Waals surface area (Å²) in [6, 6.07) is 0. The molecular weight excluding hydrogens is 260 g/mol. The van der Waals surface area contributed by atoms with Crippen molar-refractivity contribution in [3.8, 4) is 5.75 Å². The van der Waals surface area contributed by atoms with Gasteiger partial charge in [-0.25, -0.2) is 0 Å². The van der Waals surface area contributed by atoms with Crippen molar-refractivity contribution in [1.82, 2.24) is 10.3 Å². The number of ether oxygens (including phenoxy) is 1. The lowest BCUT2D eigenvalue weighted by Gasteiger charge is -2.22. The Morgan fingerprint density at radius 3 is 2.33 bits per heavy atom. The highest BCUT2D eigenvalue weighted by molar-refractivity contribution is 5.41. The number of hydrogen-bond donors (Lipinski definition) is 1. The van der Waals surface area contributed by atoms with E-state index < -0.39 is 0 Å². The fraction of sp³-hybridized carbons (Fsp3) is 0.722. The molecule has 0 radical (unpaired) electrons. The smallest absolute Gasteiger partial charge is 0.128 e. The summed E-state index contributed by atoms with van der Waals surface area (Å²) < 4.78 is 5.50. The van der Waals surface area contributed by atoms with Crippen LogP contribution in [0.5, 0.6) is 5.75 Å². The van der Waals surface area contributed by atoms with E-state index in [2.05, 4.69) is 44.9 Å². The number of aromatic nitrogens is 1. The molecule has 0 fully saturated rings. The topological polar surface area (TPSA) is 34.1 Å². The quantitative estimate of drug-likeness (QED) is 0.792. The Morgan fingerprint density at radius 1 is 1.10 bits per heavy atom. The van der Waals surface area contributed by atoms with Crippen molar-refractivity contribution in [3.63, 3.8) is 0 Å². The van der Waals surface area contributed by atoms with Gasteiger partial charge in [0, 0.05) is 23.0 Å². The Bertz CT molecular complexity index is 443. The van der Waals surface area contributed by atoms with E-state index >= 15 is 0 Å². The van der Waals surface area contributed by atoms with Gasteiger partial charge in [-0.1, -0.05) is 27.7 Å². The average Bonchev–Trinajstić information content (AvgIpc) is 2.42. The molecule has 120 valence electrons. The van der Waals surface area contributed by atoms with Crippen LogP contribution in [-0.4, -0.2) is 25.2 Å². The summed E-state index contributed by atoms with van der Waals surface area (Å²) in [5.41, 5.74) is 3.46. The van der Waals surface area contributed by atoms with Gasteiger partial charge in [0.1, 0.15) is 5.75 Å². The summed E-state index contributed by atoms with van der Waals surface area (Å²) in [4.78, 5) is 4.62. The molecule has 0 aliphatic carbocycles. The molecule has 3 nitrogen and oxygen atoms in total. The number of nitrogens with zero attached hydrogens (tertiary/aromatic N) is 1. The third-order valence-electron chi connectivity index (χ3n) is 4.26. The van der Waals surface area contributed by atoms with Crippen LogP contribution in [0.25, 0.3) is 0 Å². The minimum atomic E-state index is 0.600. The average molecular weight is 292 g/mol. The summed E-state index contributed by atoms with van der Waals surface area (Å²) in [6.07, 6.45) is 2.93. The van der Waals surface area contributed by atoms with Gasteiger partial charge in [-0.2, -0.15) is 0 Å². The molecule has 0 aliphatic heterocycles. The van der Waals surface area contributed by atoms with Gasteiger partial charge in [0.2, 0.25) is 0 Å². The number of pyridine rings is 1. The molecule has 1 heterocycles. The molecule has 1 aromatic heterocycles. The van der Waals surface area contributed by atoms with Crippen LogP contribution in [0, 0.1) is 31.6 Å². The van der Waals surface area contributed by atoms with Crippen LogP contribution in [0.3, 0.4) is 0 Å². The first kappa shape index (κ1) is 18.0. The zero-order valence-corrected chi connectivity index (χ0v) is 14.8. The summed E-state index contributed by atoms with van der Waals surface area (Å²) in [6.45, 7) is 15.4. The van der Waals surface area contributed by atoms with Crippen molar-refractivity contribution in [3.05, 3.63) is 23.0 Å². The molecule has 1 aromatic rings. The van der Waals surface area contributed by atoms with Crippen LogP contribution in [0.2, 0.25) is 0 Å². The predicted molar refractivity (Wildman–Crippen MR) is 90.0 cm³/mol. The predicted octanol–water partition coefficient (Wildman–Crippen LogP) is 3.77. The Labute approximate surface area is 130 Å². The molecule has 0 saturated heterocycles. The molecule has 2 unspecified atom stereocenters. The van der Waals surface area contributed by atoms with Crippen molar-refractivity contribution in [2.75, 3.05) is 20.2 Å². The first-order valence-electron chi connectivity index (χ1n) is 8.06.